The first kappa shape index (κ1) is 20.5. The van der Waals surface area contributed by atoms with Crippen LogP contribution in [0.1, 0.15) is 56.6 Å². The Morgan fingerprint density at radius 1 is 1.23 bits per heavy atom. The minimum absolute atomic E-state index is 0.0650. The van der Waals surface area contributed by atoms with E-state index in [1.807, 2.05) is 16.8 Å². The Bertz CT molecular complexity index is 1060. The summed E-state index contributed by atoms with van der Waals surface area (Å²) in [5.74, 6) is 3.00. The molecule has 2 aliphatic carbocycles. The summed E-state index contributed by atoms with van der Waals surface area (Å²) in [7, 11) is 1.68. The van der Waals surface area contributed by atoms with Crippen LogP contribution < -0.4 is 10.1 Å². The molecule has 9 heteroatoms. The Morgan fingerprint density at radius 2 is 2.06 bits per heavy atom. The van der Waals surface area contributed by atoms with Crippen molar-refractivity contribution in [1.82, 2.24) is 25.0 Å². The van der Waals surface area contributed by atoms with Crippen LogP contribution in [0.4, 0.5) is 5.82 Å². The Balaban J connectivity index is 1.42. The largest absolute Gasteiger partial charge is 0.497 e. The number of nitrogens with one attached hydrogen (secondary N) is 1. The summed E-state index contributed by atoms with van der Waals surface area (Å²) in [6.07, 6.45) is 4.38. The average Bonchev–Trinajstić information content (AvgIpc) is 3.21. The second kappa shape index (κ2) is 8.63. The molecule has 0 bridgehead atoms. The van der Waals surface area contributed by atoms with E-state index in [9.17, 15) is 5.11 Å². The molecule has 3 aromatic rings. The number of aliphatic hydroxyl groups is 1. The lowest BCUT2D eigenvalue weighted by Gasteiger charge is -2.15. The predicted octanol–water partition coefficient (Wildman–Crippen LogP) is 3.79. The number of aromatic nitrogens is 5. The quantitative estimate of drug-likeness (QED) is 0.403. The minimum atomic E-state index is -0.397. The van der Waals surface area contributed by atoms with Gasteiger partial charge >= 0.3 is 0 Å². The second-order valence-electron chi connectivity index (χ2n) is 8.34. The number of rotatable bonds is 8. The van der Waals surface area contributed by atoms with E-state index in [4.69, 9.17) is 14.7 Å². The number of hydrogen-bond acceptors (Lipinski definition) is 8. The number of fused-ring (bicyclic) bond motifs is 1. The summed E-state index contributed by atoms with van der Waals surface area (Å²) in [5, 5.41) is 23.5. The number of benzene rings is 1. The molecule has 0 amide bonds. The Kier molecular flexibility index (Phi) is 5.71. The van der Waals surface area contributed by atoms with Gasteiger partial charge in [0.05, 0.1) is 19.3 Å². The fourth-order valence-electron chi connectivity index (χ4n) is 4.35. The van der Waals surface area contributed by atoms with Crippen LogP contribution >= 0.6 is 11.8 Å². The van der Waals surface area contributed by atoms with Crippen molar-refractivity contribution in [3.8, 4) is 5.75 Å². The van der Waals surface area contributed by atoms with Gasteiger partial charge in [0.1, 0.15) is 5.75 Å². The zero-order chi connectivity index (χ0) is 21.4. The molecule has 0 saturated heterocycles. The second-order valence-corrected chi connectivity index (χ2v) is 9.40. The van der Waals surface area contributed by atoms with Crippen molar-refractivity contribution in [3.05, 3.63) is 29.8 Å². The van der Waals surface area contributed by atoms with Gasteiger partial charge in [-0.05, 0) is 49.8 Å². The lowest BCUT2D eigenvalue weighted by atomic mass is 10.1. The first-order valence-electron chi connectivity index (χ1n) is 11.0. The van der Waals surface area contributed by atoms with Gasteiger partial charge in [0.15, 0.2) is 22.1 Å². The van der Waals surface area contributed by atoms with Gasteiger partial charge in [-0.1, -0.05) is 36.0 Å². The third kappa shape index (κ3) is 4.08. The number of thioether (sulfide) groups is 1. The summed E-state index contributed by atoms with van der Waals surface area (Å²) in [6, 6.07) is 8.50. The molecular formula is C22H28N6O2S. The molecule has 1 aromatic carbocycles. The number of ether oxygens (including phenoxy) is 1. The van der Waals surface area contributed by atoms with Gasteiger partial charge < -0.3 is 15.2 Å². The zero-order valence-corrected chi connectivity index (χ0v) is 18.7. The van der Waals surface area contributed by atoms with E-state index >= 15 is 0 Å². The number of hydrogen-bond donors (Lipinski definition) is 2. The third-order valence-electron chi connectivity index (χ3n) is 6.15. The van der Waals surface area contributed by atoms with Crippen LogP contribution in [0, 0.1) is 0 Å². The van der Waals surface area contributed by atoms with E-state index in [1.165, 1.54) is 5.56 Å². The molecule has 0 aliphatic heterocycles. The molecule has 2 aromatic heterocycles. The SMILES string of the molecule is CCCSc1nc(NC2CC2c2ccc(OC)cc2)c2nnn([C@@H]3CCC[C@H]3O)c2n1. The fraction of sp³-hybridized carbons (Fsp3) is 0.545. The molecule has 2 N–H and O–H groups in total. The van der Waals surface area contributed by atoms with E-state index in [1.54, 1.807) is 18.9 Å². The highest BCUT2D eigenvalue weighted by Crippen LogP contribution is 2.44. The molecule has 2 unspecified atom stereocenters. The Labute approximate surface area is 185 Å². The van der Waals surface area contributed by atoms with E-state index < -0.39 is 6.10 Å². The van der Waals surface area contributed by atoms with Crippen molar-refractivity contribution in [2.75, 3.05) is 18.2 Å². The highest BCUT2D eigenvalue weighted by atomic mass is 32.2. The summed E-state index contributed by atoms with van der Waals surface area (Å²) in [6.45, 7) is 2.15. The van der Waals surface area contributed by atoms with Crippen molar-refractivity contribution >= 4 is 28.7 Å². The minimum Gasteiger partial charge on any atom is -0.497 e. The predicted molar refractivity (Wildman–Crippen MR) is 121 cm³/mol. The smallest absolute Gasteiger partial charge is 0.191 e. The molecule has 5 rings (SSSR count). The normalized spacial score (nSPS) is 25.1. The number of methoxy groups -OCH3 is 1. The maximum Gasteiger partial charge on any atom is 0.191 e. The fourth-order valence-corrected chi connectivity index (χ4v) is 5.04. The molecule has 164 valence electrons. The topological polar surface area (TPSA) is 98.0 Å². The first-order valence-corrected chi connectivity index (χ1v) is 12.0. The average molecular weight is 441 g/mol. The van der Waals surface area contributed by atoms with Gasteiger partial charge in [-0.2, -0.15) is 0 Å². The van der Waals surface area contributed by atoms with Crippen LogP contribution in [0.2, 0.25) is 0 Å². The molecule has 31 heavy (non-hydrogen) atoms. The molecular weight excluding hydrogens is 412 g/mol. The molecule has 8 nitrogen and oxygen atoms in total. The summed E-state index contributed by atoms with van der Waals surface area (Å²) < 4.78 is 7.08. The summed E-state index contributed by atoms with van der Waals surface area (Å²) in [4.78, 5) is 9.54. The van der Waals surface area contributed by atoms with Crippen molar-refractivity contribution in [3.63, 3.8) is 0 Å². The zero-order valence-electron chi connectivity index (χ0n) is 17.9. The van der Waals surface area contributed by atoms with Gasteiger partial charge in [-0.15, -0.1) is 5.10 Å². The van der Waals surface area contributed by atoms with Crippen LogP contribution in [0.3, 0.4) is 0 Å². The van der Waals surface area contributed by atoms with E-state index in [2.05, 4.69) is 34.7 Å². The van der Waals surface area contributed by atoms with Crippen LogP contribution in [0.5, 0.6) is 5.75 Å². The molecule has 0 spiro atoms. The maximum atomic E-state index is 10.4. The third-order valence-corrected chi connectivity index (χ3v) is 7.21. The first-order chi connectivity index (χ1) is 15.2. The monoisotopic (exact) mass is 440 g/mol. The van der Waals surface area contributed by atoms with Gasteiger partial charge in [-0.3, -0.25) is 0 Å². The number of aliphatic hydroxyl groups excluding tert-OH is 1. The van der Waals surface area contributed by atoms with Crippen molar-refractivity contribution in [2.45, 2.75) is 68.3 Å². The highest BCUT2D eigenvalue weighted by Gasteiger charge is 2.39. The Morgan fingerprint density at radius 3 is 2.77 bits per heavy atom. The molecule has 2 fully saturated rings. The van der Waals surface area contributed by atoms with Crippen molar-refractivity contribution in [1.29, 1.82) is 0 Å². The lowest BCUT2D eigenvalue weighted by molar-refractivity contribution is 0.131. The molecule has 2 heterocycles. The van der Waals surface area contributed by atoms with Gasteiger partial charge in [0.25, 0.3) is 0 Å². The van der Waals surface area contributed by atoms with Crippen LogP contribution in [0.15, 0.2) is 29.4 Å². The van der Waals surface area contributed by atoms with Crippen LogP contribution in [-0.2, 0) is 0 Å². The van der Waals surface area contributed by atoms with Crippen LogP contribution in [0.25, 0.3) is 11.2 Å². The molecule has 0 radical (unpaired) electrons. The molecule has 2 aliphatic rings. The van der Waals surface area contributed by atoms with Crippen LogP contribution in [-0.4, -0.2) is 55.1 Å². The van der Waals surface area contributed by atoms with E-state index in [0.29, 0.717) is 23.1 Å². The highest BCUT2D eigenvalue weighted by molar-refractivity contribution is 7.99. The lowest BCUT2D eigenvalue weighted by Crippen LogP contribution is -2.20. The van der Waals surface area contributed by atoms with Gasteiger partial charge in [-0.25, -0.2) is 14.6 Å². The van der Waals surface area contributed by atoms with Gasteiger partial charge in [0, 0.05) is 17.7 Å². The molecule has 2 saturated carbocycles. The van der Waals surface area contributed by atoms with Crippen molar-refractivity contribution in [2.24, 2.45) is 0 Å². The number of nitrogens with zero attached hydrogens (tertiary/aromatic N) is 5. The summed E-state index contributed by atoms with van der Waals surface area (Å²) >= 11 is 1.65. The summed E-state index contributed by atoms with van der Waals surface area (Å²) in [5.41, 5.74) is 2.69. The molecule has 4 atom stereocenters. The van der Waals surface area contributed by atoms with Gasteiger partial charge in [0.2, 0.25) is 0 Å². The number of anilines is 1. The van der Waals surface area contributed by atoms with Crippen molar-refractivity contribution < 1.29 is 9.84 Å². The Hall–Kier alpha value is -2.39. The van der Waals surface area contributed by atoms with E-state index in [0.717, 1.165) is 54.6 Å². The van der Waals surface area contributed by atoms with E-state index in [-0.39, 0.29) is 6.04 Å². The standard InChI is InChI=1S/C22H28N6O2S/c1-3-11-31-22-24-20(23-16-12-15(16)13-7-9-14(30-2)10-8-13)19-21(25-22)28(27-26-19)17-5-4-6-18(17)29/h7-10,15-18,29H,3-6,11-12H2,1-2H3,(H,23,24,25)/t15?,16?,17-,18-/m1/s1. The maximum absolute atomic E-state index is 10.4.